The molecule has 0 spiro atoms. The van der Waals surface area contributed by atoms with Gasteiger partial charge in [-0.3, -0.25) is 13.9 Å². The molecule has 3 rings (SSSR count). The lowest BCUT2D eigenvalue weighted by Crippen LogP contribution is -2.50. The third-order valence-corrected chi connectivity index (χ3v) is 7.01. The van der Waals surface area contributed by atoms with Crippen LogP contribution in [0.4, 0.5) is 5.69 Å². The highest BCUT2D eigenvalue weighted by atomic mass is 35.5. The lowest BCUT2D eigenvalue weighted by Gasteiger charge is -2.34. The Bertz CT molecular complexity index is 819. The van der Waals surface area contributed by atoms with Crippen LogP contribution in [0.25, 0.3) is 0 Å². The number of rotatable bonds is 2. The Kier molecular flexibility index (Phi) is 5.43. The fraction of sp³-hybridized carbons (Fsp3) is 0.529. The van der Waals surface area contributed by atoms with Gasteiger partial charge in [0.25, 0.3) is 5.91 Å². The molecule has 1 aromatic carbocycles. The molecule has 142 valence electrons. The fourth-order valence-electron chi connectivity index (χ4n) is 3.31. The van der Waals surface area contributed by atoms with Crippen LogP contribution in [0.3, 0.4) is 0 Å². The average Bonchev–Trinajstić information content (AvgIpc) is 2.61. The maximum absolute atomic E-state index is 12.7. The summed E-state index contributed by atoms with van der Waals surface area (Å²) in [5.74, 6) is -0.0698. The zero-order valence-corrected chi connectivity index (χ0v) is 16.2. The van der Waals surface area contributed by atoms with E-state index < -0.39 is 10.0 Å². The zero-order chi connectivity index (χ0) is 18.9. The minimum Gasteiger partial charge on any atom is -0.339 e. The van der Waals surface area contributed by atoms with E-state index in [1.807, 2.05) is 0 Å². The van der Waals surface area contributed by atoms with E-state index in [-0.39, 0.29) is 22.6 Å². The highest BCUT2D eigenvalue weighted by molar-refractivity contribution is 7.92. The fourth-order valence-corrected chi connectivity index (χ4v) is 5.19. The van der Waals surface area contributed by atoms with Crippen LogP contribution in [-0.2, 0) is 14.8 Å². The van der Waals surface area contributed by atoms with Gasteiger partial charge in [0.2, 0.25) is 15.9 Å². The highest BCUT2D eigenvalue weighted by Crippen LogP contribution is 2.29. The van der Waals surface area contributed by atoms with E-state index in [9.17, 15) is 18.0 Å². The minimum atomic E-state index is -3.32. The Morgan fingerprint density at radius 2 is 1.65 bits per heavy atom. The summed E-state index contributed by atoms with van der Waals surface area (Å²) in [6, 6.07) is 4.76. The Labute approximate surface area is 158 Å². The van der Waals surface area contributed by atoms with E-state index in [0.717, 1.165) is 6.42 Å². The number of benzene rings is 1. The molecule has 2 aliphatic rings. The standard InChI is InChI=1S/C17H22ClN3O4S/c1-13(22)19-7-9-20(10-8-19)17(23)15-5-4-14(12-16(15)18)21-6-2-3-11-26(21,24)25/h4-5,12H,2-3,6-11H2,1H3. The Balaban J connectivity index is 1.76. The summed E-state index contributed by atoms with van der Waals surface area (Å²) in [5, 5.41) is 0.238. The molecule has 2 fully saturated rings. The predicted octanol–water partition coefficient (Wildman–Crippen LogP) is 1.57. The Morgan fingerprint density at radius 3 is 2.23 bits per heavy atom. The lowest BCUT2D eigenvalue weighted by molar-refractivity contribution is -0.130. The molecule has 0 aromatic heterocycles. The number of hydrogen-bond donors (Lipinski definition) is 0. The van der Waals surface area contributed by atoms with Crippen molar-refractivity contribution in [2.75, 3.05) is 42.8 Å². The Hall–Kier alpha value is -1.80. The molecule has 1 aromatic rings. The largest absolute Gasteiger partial charge is 0.339 e. The molecule has 2 heterocycles. The molecule has 9 heteroatoms. The summed E-state index contributed by atoms with van der Waals surface area (Å²) in [7, 11) is -3.32. The molecular formula is C17H22ClN3O4S. The number of halogens is 1. The third-order valence-electron chi connectivity index (χ3n) is 4.83. The summed E-state index contributed by atoms with van der Waals surface area (Å²) in [6.07, 6.45) is 1.47. The van der Waals surface area contributed by atoms with Crippen molar-refractivity contribution in [1.29, 1.82) is 0 Å². The van der Waals surface area contributed by atoms with Crippen molar-refractivity contribution in [3.05, 3.63) is 28.8 Å². The molecule has 2 saturated heterocycles. The van der Waals surface area contributed by atoms with E-state index in [1.165, 1.54) is 11.2 Å². The number of piperazine rings is 1. The SMILES string of the molecule is CC(=O)N1CCN(C(=O)c2ccc(N3CCCCS3(=O)=O)cc2Cl)CC1. The van der Waals surface area contributed by atoms with Crippen LogP contribution >= 0.6 is 11.6 Å². The average molecular weight is 400 g/mol. The minimum absolute atomic E-state index is 0.00206. The van der Waals surface area contributed by atoms with Crippen LogP contribution in [-0.4, -0.2) is 68.5 Å². The highest BCUT2D eigenvalue weighted by Gasteiger charge is 2.28. The van der Waals surface area contributed by atoms with Crippen molar-refractivity contribution < 1.29 is 18.0 Å². The summed E-state index contributed by atoms with van der Waals surface area (Å²) < 4.78 is 25.8. The van der Waals surface area contributed by atoms with Gasteiger partial charge in [0, 0.05) is 39.6 Å². The molecule has 26 heavy (non-hydrogen) atoms. The Morgan fingerprint density at radius 1 is 1.00 bits per heavy atom. The second-order valence-electron chi connectivity index (χ2n) is 6.56. The summed E-state index contributed by atoms with van der Waals surface area (Å²) in [6.45, 7) is 3.86. The molecule has 2 amide bonds. The second-order valence-corrected chi connectivity index (χ2v) is 8.98. The van der Waals surface area contributed by atoms with Crippen molar-refractivity contribution in [1.82, 2.24) is 9.80 Å². The molecule has 2 aliphatic heterocycles. The van der Waals surface area contributed by atoms with Crippen molar-refractivity contribution in [3.63, 3.8) is 0 Å². The van der Waals surface area contributed by atoms with E-state index in [4.69, 9.17) is 11.6 Å². The maximum Gasteiger partial charge on any atom is 0.255 e. The smallest absolute Gasteiger partial charge is 0.255 e. The van der Waals surface area contributed by atoms with Gasteiger partial charge in [-0.25, -0.2) is 8.42 Å². The maximum atomic E-state index is 12.7. The van der Waals surface area contributed by atoms with Crippen molar-refractivity contribution in [3.8, 4) is 0 Å². The first-order valence-corrected chi connectivity index (χ1v) is 10.6. The van der Waals surface area contributed by atoms with Crippen LogP contribution < -0.4 is 4.31 Å². The summed E-state index contributed by atoms with van der Waals surface area (Å²) in [5.41, 5.74) is 0.841. The second kappa shape index (κ2) is 7.44. The van der Waals surface area contributed by atoms with E-state index in [1.54, 1.807) is 28.0 Å². The van der Waals surface area contributed by atoms with Gasteiger partial charge in [0.1, 0.15) is 0 Å². The first-order valence-electron chi connectivity index (χ1n) is 8.64. The lowest BCUT2D eigenvalue weighted by atomic mass is 10.1. The van der Waals surface area contributed by atoms with Crippen LogP contribution in [0, 0.1) is 0 Å². The van der Waals surface area contributed by atoms with Crippen LogP contribution in [0.5, 0.6) is 0 Å². The normalized spacial score (nSPS) is 20.2. The number of carbonyl (C=O) groups excluding carboxylic acids is 2. The molecule has 0 N–H and O–H groups in total. The van der Waals surface area contributed by atoms with Crippen molar-refractivity contribution in [2.45, 2.75) is 19.8 Å². The van der Waals surface area contributed by atoms with Crippen molar-refractivity contribution in [2.24, 2.45) is 0 Å². The predicted molar refractivity (Wildman–Crippen MR) is 100.0 cm³/mol. The molecule has 0 radical (unpaired) electrons. The van der Waals surface area contributed by atoms with Gasteiger partial charge in [0.05, 0.1) is 22.0 Å². The van der Waals surface area contributed by atoms with E-state index in [0.29, 0.717) is 50.4 Å². The topological polar surface area (TPSA) is 78.0 Å². The van der Waals surface area contributed by atoms with Crippen LogP contribution in [0.1, 0.15) is 30.1 Å². The van der Waals surface area contributed by atoms with Crippen LogP contribution in [0.15, 0.2) is 18.2 Å². The zero-order valence-electron chi connectivity index (χ0n) is 14.6. The number of anilines is 1. The van der Waals surface area contributed by atoms with Gasteiger partial charge in [-0.15, -0.1) is 0 Å². The third kappa shape index (κ3) is 3.81. The number of amides is 2. The van der Waals surface area contributed by atoms with Gasteiger partial charge in [-0.2, -0.15) is 0 Å². The summed E-state index contributed by atoms with van der Waals surface area (Å²) >= 11 is 6.30. The molecule has 0 unspecified atom stereocenters. The molecular weight excluding hydrogens is 378 g/mol. The van der Waals surface area contributed by atoms with Crippen LogP contribution in [0.2, 0.25) is 5.02 Å². The van der Waals surface area contributed by atoms with Gasteiger partial charge in [0.15, 0.2) is 0 Å². The number of nitrogens with zero attached hydrogens (tertiary/aromatic N) is 3. The van der Waals surface area contributed by atoms with Gasteiger partial charge in [-0.1, -0.05) is 11.6 Å². The van der Waals surface area contributed by atoms with E-state index >= 15 is 0 Å². The molecule has 0 aliphatic carbocycles. The van der Waals surface area contributed by atoms with Gasteiger partial charge >= 0.3 is 0 Å². The number of hydrogen-bond acceptors (Lipinski definition) is 4. The van der Waals surface area contributed by atoms with Gasteiger partial charge in [-0.05, 0) is 31.0 Å². The number of sulfonamides is 1. The van der Waals surface area contributed by atoms with E-state index in [2.05, 4.69) is 0 Å². The van der Waals surface area contributed by atoms with Crippen molar-refractivity contribution >= 4 is 39.1 Å². The number of carbonyl (C=O) groups is 2. The molecule has 0 saturated carbocycles. The summed E-state index contributed by atoms with van der Waals surface area (Å²) in [4.78, 5) is 27.5. The first kappa shape index (κ1) is 19.0. The molecule has 0 atom stereocenters. The quantitative estimate of drug-likeness (QED) is 0.756. The first-order chi connectivity index (χ1) is 12.3. The monoisotopic (exact) mass is 399 g/mol. The molecule has 0 bridgehead atoms. The molecule has 7 nitrogen and oxygen atoms in total. The van der Waals surface area contributed by atoms with Gasteiger partial charge < -0.3 is 9.80 Å².